The number of fused-ring (bicyclic) bond motifs is 5. The molecule has 2 nitrogen and oxygen atoms in total. The fraction of sp³-hybridized carbons (Fsp3) is 0.700. The third-order valence-electron chi connectivity index (χ3n) is 10.2. The second-order valence-corrected chi connectivity index (χ2v) is 14.3. The van der Waals surface area contributed by atoms with Crippen LogP contribution in [0.15, 0.2) is 23.8 Å². The molecule has 1 aromatic carbocycles. The summed E-state index contributed by atoms with van der Waals surface area (Å²) < 4.78 is 6.93. The first-order chi connectivity index (χ1) is 15.7. The minimum absolute atomic E-state index is 0.0764. The predicted molar refractivity (Wildman–Crippen MR) is 138 cm³/mol. The van der Waals surface area contributed by atoms with Crippen molar-refractivity contribution in [1.29, 1.82) is 0 Å². The molecule has 0 N–H and O–H groups in total. The van der Waals surface area contributed by atoms with Gasteiger partial charge in [-0.1, -0.05) is 42.7 Å². The van der Waals surface area contributed by atoms with Crippen LogP contribution in [0.4, 0.5) is 0 Å². The summed E-state index contributed by atoms with van der Waals surface area (Å²) in [6, 6.07) is 4.59. The van der Waals surface area contributed by atoms with E-state index in [0.29, 0.717) is 23.0 Å². The highest BCUT2D eigenvalue weighted by molar-refractivity contribution is 6.48. The fourth-order valence-corrected chi connectivity index (χ4v) is 9.74. The first-order valence-electron chi connectivity index (χ1n) is 13.5. The number of hydrogen-bond acceptors (Lipinski definition) is 2. The highest BCUT2D eigenvalue weighted by Crippen LogP contribution is 2.67. The van der Waals surface area contributed by atoms with E-state index in [1.807, 2.05) is 0 Å². The van der Waals surface area contributed by atoms with Gasteiger partial charge in [0.2, 0.25) is 9.04 Å². The van der Waals surface area contributed by atoms with Gasteiger partial charge < -0.3 is 4.43 Å². The molecule has 0 aromatic heterocycles. The third-order valence-corrected chi connectivity index (χ3v) is 10.9. The average Bonchev–Trinajstić information content (AvgIpc) is 3.09. The van der Waals surface area contributed by atoms with Gasteiger partial charge in [-0.3, -0.25) is 4.79 Å². The molecule has 6 atom stereocenters. The van der Waals surface area contributed by atoms with Gasteiger partial charge >= 0.3 is 0 Å². The molecule has 3 heteroatoms. The van der Waals surface area contributed by atoms with Crippen LogP contribution >= 0.6 is 0 Å². The lowest BCUT2D eigenvalue weighted by Crippen LogP contribution is -2.53. The van der Waals surface area contributed by atoms with E-state index in [1.165, 1.54) is 60.8 Å². The third kappa shape index (κ3) is 3.55. The Morgan fingerprint density at radius 3 is 2.42 bits per heavy atom. The molecule has 5 rings (SSSR count). The number of carbonyl (C=O) groups excluding carboxylic acids is 1. The van der Waals surface area contributed by atoms with Gasteiger partial charge in [0.1, 0.15) is 5.78 Å². The van der Waals surface area contributed by atoms with E-state index in [-0.39, 0.29) is 11.5 Å². The van der Waals surface area contributed by atoms with Crippen molar-refractivity contribution in [2.75, 3.05) is 0 Å². The van der Waals surface area contributed by atoms with Crippen LogP contribution in [-0.4, -0.2) is 14.8 Å². The highest BCUT2D eigenvalue weighted by atomic mass is 28.3. The van der Waals surface area contributed by atoms with Crippen LogP contribution in [0.25, 0.3) is 0 Å². The Bertz CT molecular complexity index is 955. The summed E-state index contributed by atoms with van der Waals surface area (Å²) in [4.78, 5) is 14.0. The molecule has 1 aromatic rings. The molecule has 4 aliphatic carbocycles. The van der Waals surface area contributed by atoms with E-state index >= 15 is 0 Å². The van der Waals surface area contributed by atoms with Gasteiger partial charge in [-0.15, -0.1) is 0 Å². The van der Waals surface area contributed by atoms with Crippen LogP contribution in [0.3, 0.4) is 0 Å². The lowest BCUT2D eigenvalue weighted by molar-refractivity contribution is -0.145. The molecule has 0 heterocycles. The monoisotopic (exact) mass is 463 g/mol. The molecule has 3 saturated carbocycles. The number of allylic oxidation sites excluding steroid dienone is 2. The normalized spacial score (nSPS) is 36.8. The second kappa shape index (κ2) is 8.48. The molecule has 33 heavy (non-hydrogen) atoms. The molecule has 0 bridgehead atoms. The number of carbonyl (C=O) groups is 1. The molecular weight excluding hydrogens is 420 g/mol. The lowest BCUT2D eigenvalue weighted by atomic mass is 9.46. The van der Waals surface area contributed by atoms with Crippen molar-refractivity contribution in [3.05, 3.63) is 46.0 Å². The van der Waals surface area contributed by atoms with E-state index in [0.717, 1.165) is 25.2 Å². The van der Waals surface area contributed by atoms with Crippen LogP contribution in [0.5, 0.6) is 0 Å². The Morgan fingerprint density at radius 1 is 1.00 bits per heavy atom. The Hall–Kier alpha value is -1.19. The minimum atomic E-state index is -0.961. The Morgan fingerprint density at radius 2 is 1.73 bits per heavy atom. The Kier molecular flexibility index (Phi) is 6.05. The molecule has 0 aliphatic heterocycles. The number of Topliss-reactive ketones (excluding diaryl/α,β-unsaturated/α-hetero) is 1. The summed E-state index contributed by atoms with van der Waals surface area (Å²) >= 11 is 0. The van der Waals surface area contributed by atoms with E-state index in [4.69, 9.17) is 4.43 Å². The maximum atomic E-state index is 14.0. The van der Waals surface area contributed by atoms with Gasteiger partial charge in [0.25, 0.3) is 0 Å². The smallest absolute Gasteiger partial charge is 0.205 e. The maximum Gasteiger partial charge on any atom is 0.205 e. The van der Waals surface area contributed by atoms with E-state index in [2.05, 4.69) is 59.0 Å². The fourth-order valence-electron chi connectivity index (χ4n) is 8.94. The average molecular weight is 464 g/mol. The molecule has 0 spiro atoms. The maximum absolute atomic E-state index is 14.0. The van der Waals surface area contributed by atoms with Gasteiger partial charge in [-0.25, -0.2) is 0 Å². The van der Waals surface area contributed by atoms with E-state index in [1.54, 1.807) is 5.57 Å². The molecule has 3 fully saturated rings. The van der Waals surface area contributed by atoms with Crippen LogP contribution in [0.2, 0.25) is 13.1 Å². The zero-order valence-electron chi connectivity index (χ0n) is 21.7. The summed E-state index contributed by atoms with van der Waals surface area (Å²) in [5, 5.41) is 0. The van der Waals surface area contributed by atoms with Crippen molar-refractivity contribution in [3.8, 4) is 0 Å². The first kappa shape index (κ1) is 23.5. The van der Waals surface area contributed by atoms with Crippen LogP contribution in [0, 0.1) is 49.4 Å². The minimum Gasteiger partial charge on any atom is -0.409 e. The molecular formula is C30H43O2Si. The number of ketones is 1. The quantitative estimate of drug-likeness (QED) is 0.336. The van der Waals surface area contributed by atoms with Crippen molar-refractivity contribution in [2.45, 2.75) is 105 Å². The van der Waals surface area contributed by atoms with Gasteiger partial charge in [-0.2, -0.15) is 0 Å². The lowest BCUT2D eigenvalue weighted by Gasteiger charge is -2.58. The van der Waals surface area contributed by atoms with Crippen molar-refractivity contribution in [3.63, 3.8) is 0 Å². The largest absolute Gasteiger partial charge is 0.409 e. The van der Waals surface area contributed by atoms with Gasteiger partial charge in [0.05, 0.1) is 11.5 Å². The van der Waals surface area contributed by atoms with Crippen molar-refractivity contribution in [2.24, 2.45) is 28.6 Å². The van der Waals surface area contributed by atoms with Crippen LogP contribution < -0.4 is 0 Å². The summed E-state index contributed by atoms with van der Waals surface area (Å²) in [6.45, 7) is 13.7. The molecule has 179 valence electrons. The molecule has 0 saturated heterocycles. The van der Waals surface area contributed by atoms with Gasteiger partial charge in [-0.05, 0) is 119 Å². The summed E-state index contributed by atoms with van der Waals surface area (Å²) in [7, 11) is -0.961. The zero-order valence-corrected chi connectivity index (χ0v) is 22.7. The SMILES string of the molecule is Cc1cc(C)c(C(O[Si](C)C)[C@]23CC[C@H]4[C@@H](CC=C5CCCC[C@@]54C)[C@@H]2CCC3=O)c(C)c1. The van der Waals surface area contributed by atoms with Crippen molar-refractivity contribution in [1.82, 2.24) is 0 Å². The number of aryl methyl sites for hydroxylation is 3. The summed E-state index contributed by atoms with van der Waals surface area (Å²) in [5.41, 5.74) is 7.02. The van der Waals surface area contributed by atoms with Crippen LogP contribution in [0.1, 0.15) is 93.1 Å². The van der Waals surface area contributed by atoms with E-state index < -0.39 is 9.04 Å². The molecule has 1 radical (unpaired) electrons. The Labute approximate surface area is 203 Å². The molecule has 1 unspecified atom stereocenters. The van der Waals surface area contributed by atoms with Crippen molar-refractivity contribution < 1.29 is 9.22 Å². The molecule has 0 amide bonds. The number of hydrogen-bond donors (Lipinski definition) is 0. The van der Waals surface area contributed by atoms with Crippen LogP contribution in [-0.2, 0) is 9.22 Å². The van der Waals surface area contributed by atoms with Gasteiger partial charge in [0.15, 0.2) is 0 Å². The Balaban J connectivity index is 1.61. The molecule has 4 aliphatic rings. The zero-order chi connectivity index (χ0) is 23.5. The highest BCUT2D eigenvalue weighted by Gasteiger charge is 2.63. The van der Waals surface area contributed by atoms with Gasteiger partial charge in [0, 0.05) is 6.42 Å². The second-order valence-electron chi connectivity index (χ2n) is 12.2. The van der Waals surface area contributed by atoms with E-state index in [9.17, 15) is 4.79 Å². The number of benzene rings is 1. The first-order valence-corrected chi connectivity index (χ1v) is 15.9. The number of rotatable bonds is 4. The standard InChI is InChI=1S/C30H43O2Si/c1-19-17-20(2)27(21(3)18-19)28(32-33(5)6)30-16-14-24-23(25(30)12-13-26(30)31)11-10-22-9-7-8-15-29(22,24)4/h10,17-18,23-25,28H,7-9,11-16H2,1-6H3/t23-,24+,25+,28?,29+,30-/m1/s1. The predicted octanol–water partition coefficient (Wildman–Crippen LogP) is 7.82. The topological polar surface area (TPSA) is 26.3 Å². The summed E-state index contributed by atoms with van der Waals surface area (Å²) in [6.07, 6.45) is 13.1. The van der Waals surface area contributed by atoms with Crippen molar-refractivity contribution >= 4 is 14.8 Å². The summed E-state index contributed by atoms with van der Waals surface area (Å²) in [5.74, 6) is 2.35.